The SMILES string of the molecule is CCOC(=O)CSc1nnc(-c2cccs2)n1C(C)C. The third-order valence-electron chi connectivity index (χ3n) is 2.55. The van der Waals surface area contributed by atoms with Crippen LogP contribution in [-0.4, -0.2) is 33.1 Å². The second kappa shape index (κ2) is 6.90. The lowest BCUT2D eigenvalue weighted by molar-refractivity contribution is -0.139. The Labute approximate surface area is 126 Å². The number of hydrogen-bond acceptors (Lipinski definition) is 6. The quantitative estimate of drug-likeness (QED) is 0.605. The van der Waals surface area contributed by atoms with E-state index in [9.17, 15) is 4.79 Å². The molecule has 0 aliphatic rings. The van der Waals surface area contributed by atoms with Gasteiger partial charge in [0.25, 0.3) is 0 Å². The van der Waals surface area contributed by atoms with Crippen molar-refractivity contribution in [3.8, 4) is 10.7 Å². The van der Waals surface area contributed by atoms with Crippen LogP contribution in [0.15, 0.2) is 22.7 Å². The van der Waals surface area contributed by atoms with Gasteiger partial charge in [0.05, 0.1) is 17.2 Å². The van der Waals surface area contributed by atoms with Crippen molar-refractivity contribution in [1.82, 2.24) is 14.8 Å². The van der Waals surface area contributed by atoms with Crippen molar-refractivity contribution in [2.24, 2.45) is 0 Å². The molecule has 0 aliphatic carbocycles. The number of thiophene rings is 1. The smallest absolute Gasteiger partial charge is 0.316 e. The van der Waals surface area contributed by atoms with Crippen molar-refractivity contribution in [3.05, 3.63) is 17.5 Å². The first kappa shape index (κ1) is 15.1. The van der Waals surface area contributed by atoms with E-state index in [-0.39, 0.29) is 17.8 Å². The van der Waals surface area contributed by atoms with Crippen molar-refractivity contribution < 1.29 is 9.53 Å². The predicted octanol–water partition coefficient (Wildman–Crippen LogP) is 3.24. The molecule has 20 heavy (non-hydrogen) atoms. The van der Waals surface area contributed by atoms with E-state index in [1.807, 2.05) is 17.5 Å². The maximum atomic E-state index is 11.4. The molecular weight excluding hydrogens is 294 g/mol. The van der Waals surface area contributed by atoms with Crippen LogP contribution >= 0.6 is 23.1 Å². The zero-order valence-electron chi connectivity index (χ0n) is 11.7. The zero-order chi connectivity index (χ0) is 14.5. The van der Waals surface area contributed by atoms with E-state index in [4.69, 9.17) is 4.74 Å². The maximum absolute atomic E-state index is 11.4. The van der Waals surface area contributed by atoms with Crippen molar-refractivity contribution in [1.29, 1.82) is 0 Å². The Morgan fingerprint density at radius 1 is 1.50 bits per heavy atom. The molecule has 0 bridgehead atoms. The van der Waals surface area contributed by atoms with Gasteiger partial charge in [0.1, 0.15) is 0 Å². The van der Waals surface area contributed by atoms with Crippen LogP contribution in [-0.2, 0) is 9.53 Å². The molecule has 2 heterocycles. The molecule has 2 rings (SSSR count). The molecule has 0 aliphatic heterocycles. The van der Waals surface area contributed by atoms with Crippen LogP contribution in [0.25, 0.3) is 10.7 Å². The van der Waals surface area contributed by atoms with Crippen LogP contribution in [0.1, 0.15) is 26.8 Å². The first-order valence-corrected chi connectivity index (χ1v) is 8.27. The monoisotopic (exact) mass is 311 g/mol. The number of ether oxygens (including phenoxy) is 1. The summed E-state index contributed by atoms with van der Waals surface area (Å²) in [5.74, 6) is 0.873. The van der Waals surface area contributed by atoms with E-state index in [0.29, 0.717) is 6.61 Å². The van der Waals surface area contributed by atoms with Crippen molar-refractivity contribution >= 4 is 29.1 Å². The molecule has 5 nitrogen and oxygen atoms in total. The van der Waals surface area contributed by atoms with E-state index in [2.05, 4.69) is 28.6 Å². The lowest BCUT2D eigenvalue weighted by Gasteiger charge is -2.12. The molecule has 0 saturated heterocycles. The van der Waals surface area contributed by atoms with Crippen molar-refractivity contribution in [3.63, 3.8) is 0 Å². The average molecular weight is 311 g/mol. The van der Waals surface area contributed by atoms with Crippen molar-refractivity contribution in [2.75, 3.05) is 12.4 Å². The van der Waals surface area contributed by atoms with E-state index in [1.54, 1.807) is 18.3 Å². The maximum Gasteiger partial charge on any atom is 0.316 e. The van der Waals surface area contributed by atoms with E-state index < -0.39 is 0 Å². The Morgan fingerprint density at radius 2 is 2.30 bits per heavy atom. The molecule has 0 atom stereocenters. The number of thioether (sulfide) groups is 1. The van der Waals surface area contributed by atoms with Gasteiger partial charge in [-0.05, 0) is 32.2 Å². The summed E-state index contributed by atoms with van der Waals surface area (Å²) in [5.41, 5.74) is 0. The molecule has 0 unspecified atom stereocenters. The van der Waals surface area contributed by atoms with Gasteiger partial charge in [-0.25, -0.2) is 0 Å². The van der Waals surface area contributed by atoms with Gasteiger partial charge in [0, 0.05) is 6.04 Å². The highest BCUT2D eigenvalue weighted by molar-refractivity contribution is 7.99. The minimum atomic E-state index is -0.228. The van der Waals surface area contributed by atoms with Gasteiger partial charge in [-0.2, -0.15) is 0 Å². The molecule has 0 radical (unpaired) electrons. The number of hydrogen-bond donors (Lipinski definition) is 0. The number of aromatic nitrogens is 3. The lowest BCUT2D eigenvalue weighted by Crippen LogP contribution is -2.09. The van der Waals surface area contributed by atoms with Gasteiger partial charge in [-0.15, -0.1) is 21.5 Å². The molecule has 0 spiro atoms. The fourth-order valence-electron chi connectivity index (χ4n) is 1.74. The van der Waals surface area contributed by atoms with E-state index in [0.717, 1.165) is 15.9 Å². The summed E-state index contributed by atoms with van der Waals surface area (Å²) in [7, 11) is 0. The second-order valence-electron chi connectivity index (χ2n) is 4.34. The summed E-state index contributed by atoms with van der Waals surface area (Å²) in [4.78, 5) is 12.5. The summed E-state index contributed by atoms with van der Waals surface area (Å²) >= 11 is 2.99. The summed E-state index contributed by atoms with van der Waals surface area (Å²) in [6, 6.07) is 4.24. The van der Waals surface area contributed by atoms with Crippen LogP contribution in [0.4, 0.5) is 0 Å². The van der Waals surface area contributed by atoms with Crippen LogP contribution in [0.3, 0.4) is 0 Å². The molecule has 2 aromatic heterocycles. The van der Waals surface area contributed by atoms with Gasteiger partial charge < -0.3 is 4.74 Å². The minimum absolute atomic E-state index is 0.228. The number of esters is 1. The predicted molar refractivity (Wildman–Crippen MR) is 81.1 cm³/mol. The Balaban J connectivity index is 2.20. The first-order chi connectivity index (χ1) is 9.63. The third-order valence-corrected chi connectivity index (χ3v) is 4.33. The molecule has 0 aromatic carbocycles. The average Bonchev–Trinajstić information content (AvgIpc) is 3.05. The first-order valence-electron chi connectivity index (χ1n) is 6.40. The fraction of sp³-hybridized carbons (Fsp3) is 0.462. The highest BCUT2D eigenvalue weighted by Crippen LogP contribution is 2.30. The zero-order valence-corrected chi connectivity index (χ0v) is 13.3. The van der Waals surface area contributed by atoms with Crippen LogP contribution in [0, 0.1) is 0 Å². The molecule has 0 N–H and O–H groups in total. The van der Waals surface area contributed by atoms with Gasteiger partial charge in [-0.3, -0.25) is 9.36 Å². The second-order valence-corrected chi connectivity index (χ2v) is 6.23. The van der Waals surface area contributed by atoms with Crippen LogP contribution in [0.2, 0.25) is 0 Å². The number of nitrogens with zero attached hydrogens (tertiary/aromatic N) is 3. The molecule has 108 valence electrons. The largest absolute Gasteiger partial charge is 0.465 e. The lowest BCUT2D eigenvalue weighted by atomic mass is 10.3. The van der Waals surface area contributed by atoms with Crippen LogP contribution in [0.5, 0.6) is 0 Å². The van der Waals surface area contributed by atoms with Gasteiger partial charge in [-0.1, -0.05) is 17.8 Å². The molecule has 0 fully saturated rings. The van der Waals surface area contributed by atoms with Gasteiger partial charge in [0.15, 0.2) is 11.0 Å². The van der Waals surface area contributed by atoms with Crippen LogP contribution < -0.4 is 0 Å². The Morgan fingerprint density at radius 3 is 2.90 bits per heavy atom. The van der Waals surface area contributed by atoms with Crippen molar-refractivity contribution in [2.45, 2.75) is 32.0 Å². The van der Waals surface area contributed by atoms with E-state index >= 15 is 0 Å². The number of rotatable bonds is 6. The third kappa shape index (κ3) is 3.40. The molecule has 2 aromatic rings. The van der Waals surface area contributed by atoms with Gasteiger partial charge >= 0.3 is 5.97 Å². The normalized spacial score (nSPS) is 11.0. The standard InChI is InChI=1S/C13H17N3O2S2/c1-4-18-11(17)8-20-13-15-14-12(16(13)9(2)3)10-6-5-7-19-10/h5-7,9H,4,8H2,1-3H3. The Hall–Kier alpha value is -1.34. The summed E-state index contributed by atoms with van der Waals surface area (Å²) in [5, 5.41) is 11.2. The number of carbonyl (C=O) groups is 1. The molecule has 7 heteroatoms. The summed E-state index contributed by atoms with van der Waals surface area (Å²) < 4.78 is 6.98. The van der Waals surface area contributed by atoms with Gasteiger partial charge in [0.2, 0.25) is 0 Å². The number of carbonyl (C=O) groups excluding carboxylic acids is 1. The van der Waals surface area contributed by atoms with E-state index in [1.165, 1.54) is 11.8 Å². The molecule has 0 amide bonds. The molecular formula is C13H17N3O2S2. The Bertz CT molecular complexity index is 564. The fourth-order valence-corrected chi connectivity index (χ4v) is 3.31. The highest BCUT2D eigenvalue weighted by Gasteiger charge is 2.18. The summed E-state index contributed by atoms with van der Waals surface area (Å²) in [6.45, 7) is 6.36. The molecule has 0 saturated carbocycles. The highest BCUT2D eigenvalue weighted by atomic mass is 32.2. The summed E-state index contributed by atoms with van der Waals surface area (Å²) in [6.07, 6.45) is 0. The topological polar surface area (TPSA) is 57.0 Å². The Kier molecular flexibility index (Phi) is 5.19. The minimum Gasteiger partial charge on any atom is -0.465 e.